The van der Waals surface area contributed by atoms with Crippen molar-refractivity contribution in [2.24, 2.45) is 0 Å². The van der Waals surface area contributed by atoms with Gasteiger partial charge in [0.25, 0.3) is 0 Å². The molecular weight excluding hydrogens is 540 g/mol. The van der Waals surface area contributed by atoms with E-state index in [1.165, 1.54) is 0 Å². The van der Waals surface area contributed by atoms with E-state index >= 15 is 0 Å². The highest BCUT2D eigenvalue weighted by atomic mass is 35.5. The minimum atomic E-state index is -1.38. The fraction of sp³-hybridized carbons (Fsp3) is 0.242. The third-order valence-electron chi connectivity index (χ3n) is 7.42. The van der Waals surface area contributed by atoms with E-state index in [1.54, 1.807) is 12.1 Å². The second-order valence-electron chi connectivity index (χ2n) is 10.3. The van der Waals surface area contributed by atoms with E-state index in [9.17, 15) is 15.3 Å². The van der Waals surface area contributed by atoms with Crippen molar-refractivity contribution in [1.82, 2.24) is 9.88 Å². The van der Waals surface area contributed by atoms with E-state index in [1.807, 2.05) is 93.0 Å². The minimum Gasteiger partial charge on any atom is -0.464 e. The topological polar surface area (TPSA) is 95.3 Å². The number of pyridine rings is 1. The molecular formula is C33H33ClN2O5. The van der Waals surface area contributed by atoms with Crippen molar-refractivity contribution >= 4 is 33.3 Å². The maximum absolute atomic E-state index is 13.0. The minimum absolute atomic E-state index is 0.225. The molecule has 0 amide bonds. The first-order chi connectivity index (χ1) is 19.9. The van der Waals surface area contributed by atoms with Gasteiger partial charge in [-0.1, -0.05) is 84.4 Å². The summed E-state index contributed by atoms with van der Waals surface area (Å²) in [5.74, 6) is -0.116. The van der Waals surface area contributed by atoms with Gasteiger partial charge < -0.3 is 29.7 Å². The zero-order chi connectivity index (χ0) is 29.0. The molecule has 0 aliphatic heterocycles. The zero-order valence-corrected chi connectivity index (χ0v) is 23.8. The lowest BCUT2D eigenvalue weighted by molar-refractivity contribution is 0.00586. The summed E-state index contributed by atoms with van der Waals surface area (Å²) in [5, 5.41) is 34.7. The lowest BCUT2D eigenvalue weighted by Crippen LogP contribution is -2.38. The van der Waals surface area contributed by atoms with Gasteiger partial charge in [0.2, 0.25) is 0 Å². The molecule has 0 radical (unpaired) electrons. The molecule has 8 heteroatoms. The van der Waals surface area contributed by atoms with Gasteiger partial charge in [0.15, 0.2) is 25.1 Å². The standard InChI is InChI=1S/C33H33ClN2O5/c1-36(2)16-15-33(39,27-14-8-12-22-9-6-7-13-25(22)27)31(23-10-4-3-5-11-23)26-17-24-18-29(40-20-37)30(41-21-38)19-28(24)35-32(26)34/h3-14,17-19,31,37-39H,15-16,20-21H2,1-2H3. The molecule has 0 aliphatic rings. The number of aliphatic hydroxyl groups is 3. The number of hydrogen-bond acceptors (Lipinski definition) is 7. The van der Waals surface area contributed by atoms with Crippen LogP contribution in [-0.4, -0.2) is 59.4 Å². The Hall–Kier alpha value is -3.72. The fourth-order valence-corrected chi connectivity index (χ4v) is 5.79. The number of halogens is 1. The van der Waals surface area contributed by atoms with Gasteiger partial charge in [0.1, 0.15) is 10.8 Å². The van der Waals surface area contributed by atoms with Crippen LogP contribution in [-0.2, 0) is 5.60 Å². The van der Waals surface area contributed by atoms with Crippen LogP contribution in [0.15, 0.2) is 91.0 Å². The van der Waals surface area contributed by atoms with Crippen molar-refractivity contribution in [3.63, 3.8) is 0 Å². The second kappa shape index (κ2) is 12.4. The number of hydrogen-bond donors (Lipinski definition) is 3. The van der Waals surface area contributed by atoms with Gasteiger partial charge in [-0.25, -0.2) is 4.98 Å². The summed E-state index contributed by atoms with van der Waals surface area (Å²) < 4.78 is 10.6. The lowest BCUT2D eigenvalue weighted by Gasteiger charge is -2.39. The normalized spacial score (nSPS) is 13.8. The van der Waals surface area contributed by atoms with Gasteiger partial charge in [0.05, 0.1) is 5.52 Å². The van der Waals surface area contributed by atoms with Crippen LogP contribution in [0.3, 0.4) is 0 Å². The molecule has 7 nitrogen and oxygen atoms in total. The van der Waals surface area contributed by atoms with Crippen LogP contribution < -0.4 is 9.47 Å². The molecule has 41 heavy (non-hydrogen) atoms. The van der Waals surface area contributed by atoms with Crippen molar-refractivity contribution in [3.8, 4) is 11.5 Å². The van der Waals surface area contributed by atoms with Gasteiger partial charge in [-0.05, 0) is 54.5 Å². The zero-order valence-electron chi connectivity index (χ0n) is 23.0. The van der Waals surface area contributed by atoms with Crippen LogP contribution in [0.4, 0.5) is 0 Å². The second-order valence-corrected chi connectivity index (χ2v) is 10.6. The number of benzene rings is 4. The van der Waals surface area contributed by atoms with Crippen LogP contribution in [0, 0.1) is 0 Å². The molecule has 3 N–H and O–H groups in total. The maximum atomic E-state index is 13.0. The van der Waals surface area contributed by atoms with E-state index in [0.717, 1.165) is 21.9 Å². The summed E-state index contributed by atoms with van der Waals surface area (Å²) in [7, 11) is 3.97. The largest absolute Gasteiger partial charge is 0.464 e. The van der Waals surface area contributed by atoms with Gasteiger partial charge >= 0.3 is 0 Å². The van der Waals surface area contributed by atoms with Crippen molar-refractivity contribution in [2.75, 3.05) is 34.2 Å². The highest BCUT2D eigenvalue weighted by Gasteiger charge is 2.42. The molecule has 2 atom stereocenters. The third-order valence-corrected chi connectivity index (χ3v) is 7.72. The summed E-state index contributed by atoms with van der Waals surface area (Å²) in [6.07, 6.45) is 0.421. The molecule has 1 heterocycles. The lowest BCUT2D eigenvalue weighted by atomic mass is 9.71. The Labute approximate surface area is 244 Å². The molecule has 0 aliphatic carbocycles. The first kappa shape index (κ1) is 28.8. The van der Waals surface area contributed by atoms with E-state index in [-0.39, 0.29) is 16.7 Å². The third kappa shape index (κ3) is 5.86. The number of ether oxygens (including phenoxy) is 2. The average molecular weight is 573 g/mol. The Bertz CT molecular complexity index is 1640. The monoisotopic (exact) mass is 572 g/mol. The Kier molecular flexibility index (Phi) is 8.73. The quantitative estimate of drug-likeness (QED) is 0.139. The van der Waals surface area contributed by atoms with E-state index in [2.05, 4.69) is 4.90 Å². The molecule has 212 valence electrons. The maximum Gasteiger partial charge on any atom is 0.186 e. The van der Waals surface area contributed by atoms with Crippen LogP contribution in [0.2, 0.25) is 5.15 Å². The van der Waals surface area contributed by atoms with Gasteiger partial charge in [0, 0.05) is 29.5 Å². The predicted molar refractivity (Wildman–Crippen MR) is 161 cm³/mol. The summed E-state index contributed by atoms with van der Waals surface area (Å²) in [6, 6.07) is 29.1. The summed E-state index contributed by atoms with van der Waals surface area (Å²) >= 11 is 6.96. The van der Waals surface area contributed by atoms with Crippen LogP contribution in [0.25, 0.3) is 21.7 Å². The number of aliphatic hydroxyl groups excluding tert-OH is 2. The first-order valence-corrected chi connectivity index (χ1v) is 13.8. The highest BCUT2D eigenvalue weighted by Crippen LogP contribution is 2.48. The summed E-state index contributed by atoms with van der Waals surface area (Å²) in [6.45, 7) is -0.518. The van der Waals surface area contributed by atoms with Crippen molar-refractivity contribution in [1.29, 1.82) is 0 Å². The van der Waals surface area contributed by atoms with Gasteiger partial charge in [-0.2, -0.15) is 0 Å². The number of rotatable bonds is 11. The van der Waals surface area contributed by atoms with Gasteiger partial charge in [-0.3, -0.25) is 0 Å². The summed E-state index contributed by atoms with van der Waals surface area (Å²) in [4.78, 5) is 6.75. The molecule has 0 saturated heterocycles. The Morgan fingerprint density at radius 3 is 2.20 bits per heavy atom. The van der Waals surface area contributed by atoms with E-state index < -0.39 is 25.1 Å². The molecule has 2 unspecified atom stereocenters. The molecule has 0 bridgehead atoms. The van der Waals surface area contributed by atoms with Crippen molar-refractivity contribution < 1.29 is 24.8 Å². The number of aromatic nitrogens is 1. The molecule has 0 saturated carbocycles. The molecule has 0 spiro atoms. The molecule has 5 aromatic rings. The Balaban J connectivity index is 1.79. The van der Waals surface area contributed by atoms with Crippen molar-refractivity contribution in [2.45, 2.75) is 17.9 Å². The van der Waals surface area contributed by atoms with Crippen LogP contribution >= 0.6 is 11.6 Å². The smallest absolute Gasteiger partial charge is 0.186 e. The van der Waals surface area contributed by atoms with Crippen molar-refractivity contribution in [3.05, 3.63) is 113 Å². The van der Waals surface area contributed by atoms with Crippen LogP contribution in [0.1, 0.15) is 29.0 Å². The summed E-state index contributed by atoms with van der Waals surface area (Å²) in [5.41, 5.74) is 1.47. The molecule has 0 fully saturated rings. The van der Waals surface area contributed by atoms with Crippen LogP contribution in [0.5, 0.6) is 11.5 Å². The average Bonchev–Trinajstić information content (AvgIpc) is 2.97. The van der Waals surface area contributed by atoms with E-state index in [4.69, 9.17) is 26.1 Å². The van der Waals surface area contributed by atoms with E-state index in [0.29, 0.717) is 29.4 Å². The fourth-order valence-electron chi connectivity index (χ4n) is 5.53. The first-order valence-electron chi connectivity index (χ1n) is 13.4. The van der Waals surface area contributed by atoms with Gasteiger partial charge in [-0.15, -0.1) is 0 Å². The number of fused-ring (bicyclic) bond motifs is 2. The molecule has 5 rings (SSSR count). The Morgan fingerprint density at radius 1 is 0.829 bits per heavy atom. The number of nitrogens with zero attached hydrogens (tertiary/aromatic N) is 2. The SMILES string of the molecule is CN(C)CCC(O)(c1cccc2ccccc12)C(c1ccccc1)c1cc2cc(OCO)c(OCO)cc2nc1Cl. The Morgan fingerprint density at radius 2 is 1.49 bits per heavy atom. The highest BCUT2D eigenvalue weighted by molar-refractivity contribution is 6.30. The predicted octanol–water partition coefficient (Wildman–Crippen LogP) is 5.67. The molecule has 1 aromatic heterocycles. The molecule has 4 aromatic carbocycles.